The Morgan fingerprint density at radius 3 is 1.25 bits per heavy atom. The second-order valence-electron chi connectivity index (χ2n) is 1.63. The molecular formula is C6H12Na2O4. The number of ether oxygens (including phenoxy) is 2. The third-order valence-electron chi connectivity index (χ3n) is 0.827. The maximum absolute atomic E-state index is 9.80. The van der Waals surface area contributed by atoms with Gasteiger partial charge in [0.1, 0.15) is 0 Å². The number of hydrogen-bond donors (Lipinski definition) is 0. The van der Waals surface area contributed by atoms with E-state index >= 15 is 0 Å². The molecule has 0 atom stereocenters. The maximum Gasteiger partial charge on any atom is 1.00 e. The van der Waals surface area contributed by atoms with Crippen molar-refractivity contribution in [2.24, 2.45) is 0 Å². The van der Waals surface area contributed by atoms with Gasteiger partial charge in [-0.1, -0.05) is 0 Å². The van der Waals surface area contributed by atoms with E-state index < -0.39 is 0 Å². The van der Waals surface area contributed by atoms with Gasteiger partial charge in [0.15, 0.2) is 0 Å². The molecule has 0 fully saturated rings. The molecule has 0 amide bonds. The van der Waals surface area contributed by atoms with Crippen LogP contribution in [0.25, 0.3) is 0 Å². The Balaban J connectivity index is -0.000000405. The molecular weight excluding hydrogens is 182 g/mol. The zero-order chi connectivity index (χ0) is 7.66. The second kappa shape index (κ2) is 18.6. The zero-order valence-corrected chi connectivity index (χ0v) is 11.9. The van der Waals surface area contributed by atoms with Crippen molar-refractivity contribution in [3.05, 3.63) is 0 Å². The Morgan fingerprint density at radius 1 is 0.667 bits per heavy atom. The van der Waals surface area contributed by atoms with E-state index in [0.29, 0.717) is 13.2 Å². The van der Waals surface area contributed by atoms with Crippen molar-refractivity contribution in [2.45, 2.75) is 0 Å². The quantitative estimate of drug-likeness (QED) is 0.298. The van der Waals surface area contributed by atoms with Gasteiger partial charge in [0.25, 0.3) is 0 Å². The van der Waals surface area contributed by atoms with Crippen LogP contribution in [0.1, 0.15) is 0 Å². The molecule has 0 N–H and O–H groups in total. The number of rotatable bonds is 7. The second-order valence-corrected chi connectivity index (χ2v) is 1.63. The normalized spacial score (nSPS) is 8.50. The molecule has 0 unspecified atom stereocenters. The largest absolute Gasteiger partial charge is 1.00 e. The molecule has 4 nitrogen and oxygen atoms in total. The third-order valence-corrected chi connectivity index (χ3v) is 0.827. The molecule has 0 aromatic heterocycles. The summed E-state index contributed by atoms with van der Waals surface area (Å²) in [5, 5.41) is 19.6. The van der Waals surface area contributed by atoms with Crippen molar-refractivity contribution in [3.63, 3.8) is 0 Å². The maximum atomic E-state index is 9.80. The fraction of sp³-hybridized carbons (Fsp3) is 1.00. The molecule has 0 saturated carbocycles. The zero-order valence-electron chi connectivity index (χ0n) is 7.88. The smallest absolute Gasteiger partial charge is 0.853 e. The third kappa shape index (κ3) is 17.8. The monoisotopic (exact) mass is 194 g/mol. The van der Waals surface area contributed by atoms with Gasteiger partial charge in [-0.15, -0.1) is 13.2 Å². The standard InChI is InChI=1S/C6H12O4.2Na/c7-1-3-9-5-6-10-4-2-8;;/h1-6H2;;/q-2;2*+1. The molecule has 12 heavy (non-hydrogen) atoms. The van der Waals surface area contributed by atoms with Crippen molar-refractivity contribution in [1.82, 2.24) is 0 Å². The van der Waals surface area contributed by atoms with Crippen LogP contribution in [0.15, 0.2) is 0 Å². The first-order valence-corrected chi connectivity index (χ1v) is 3.23. The van der Waals surface area contributed by atoms with Gasteiger partial charge in [-0.2, -0.15) is 0 Å². The van der Waals surface area contributed by atoms with E-state index in [2.05, 4.69) is 0 Å². The molecule has 6 heteroatoms. The minimum absolute atomic E-state index is 0. The van der Waals surface area contributed by atoms with Crippen LogP contribution in [-0.4, -0.2) is 39.6 Å². The van der Waals surface area contributed by atoms with Gasteiger partial charge in [-0.25, -0.2) is 0 Å². The summed E-state index contributed by atoms with van der Waals surface area (Å²) < 4.78 is 9.58. The van der Waals surface area contributed by atoms with Crippen molar-refractivity contribution >= 4 is 0 Å². The SMILES string of the molecule is [Na+].[Na+].[O-]CCOCCOCC[O-]. The fourth-order valence-electron chi connectivity index (χ4n) is 0.440. The van der Waals surface area contributed by atoms with Crippen LogP contribution < -0.4 is 69.3 Å². The van der Waals surface area contributed by atoms with E-state index in [4.69, 9.17) is 9.47 Å². The first kappa shape index (κ1) is 19.4. The summed E-state index contributed by atoms with van der Waals surface area (Å²) in [5.41, 5.74) is 0. The number of hydrogen-bond acceptors (Lipinski definition) is 4. The van der Waals surface area contributed by atoms with Crippen molar-refractivity contribution in [3.8, 4) is 0 Å². The van der Waals surface area contributed by atoms with E-state index in [1.807, 2.05) is 0 Å². The summed E-state index contributed by atoms with van der Waals surface area (Å²) in [6, 6.07) is 0. The summed E-state index contributed by atoms with van der Waals surface area (Å²) >= 11 is 0. The average Bonchev–Trinajstić information content (AvgIpc) is 1.97. The van der Waals surface area contributed by atoms with Gasteiger partial charge in [-0.05, 0) is 0 Å². The first-order chi connectivity index (χ1) is 4.91. The molecule has 0 aliphatic carbocycles. The Morgan fingerprint density at radius 2 is 1.00 bits per heavy atom. The Kier molecular flexibility index (Phi) is 30.1. The summed E-state index contributed by atoms with van der Waals surface area (Å²) in [6.07, 6.45) is 0. The molecule has 0 aliphatic rings. The molecule has 0 saturated heterocycles. The van der Waals surface area contributed by atoms with E-state index in [-0.39, 0.29) is 85.5 Å². The summed E-state index contributed by atoms with van der Waals surface area (Å²) in [5.74, 6) is 0. The fourth-order valence-corrected chi connectivity index (χ4v) is 0.440. The van der Waals surface area contributed by atoms with Crippen LogP contribution in [0.2, 0.25) is 0 Å². The molecule has 0 radical (unpaired) electrons. The molecule has 0 heterocycles. The Bertz CT molecular complexity index is 57.5. The van der Waals surface area contributed by atoms with Gasteiger partial charge < -0.3 is 19.7 Å². The topological polar surface area (TPSA) is 64.6 Å². The van der Waals surface area contributed by atoms with Crippen molar-refractivity contribution < 1.29 is 78.8 Å². The van der Waals surface area contributed by atoms with Crippen LogP contribution in [0.4, 0.5) is 0 Å². The molecule has 62 valence electrons. The van der Waals surface area contributed by atoms with Gasteiger partial charge in [0, 0.05) is 13.2 Å². The molecule has 0 rings (SSSR count). The Labute approximate surface area is 117 Å². The van der Waals surface area contributed by atoms with Crippen LogP contribution in [0, 0.1) is 0 Å². The first-order valence-electron chi connectivity index (χ1n) is 3.23. The van der Waals surface area contributed by atoms with Gasteiger partial charge >= 0.3 is 59.1 Å². The molecule has 0 spiro atoms. The van der Waals surface area contributed by atoms with E-state index in [9.17, 15) is 10.2 Å². The van der Waals surface area contributed by atoms with Gasteiger partial charge in [0.05, 0.1) is 13.2 Å². The summed E-state index contributed by atoms with van der Waals surface area (Å²) in [7, 11) is 0. The van der Waals surface area contributed by atoms with E-state index in [0.717, 1.165) is 0 Å². The van der Waals surface area contributed by atoms with Crippen LogP contribution in [-0.2, 0) is 9.47 Å². The molecule has 0 bridgehead atoms. The average molecular weight is 194 g/mol. The van der Waals surface area contributed by atoms with E-state index in [1.165, 1.54) is 0 Å². The van der Waals surface area contributed by atoms with Crippen molar-refractivity contribution in [2.75, 3.05) is 39.6 Å². The molecule has 0 aromatic rings. The summed E-state index contributed by atoms with van der Waals surface area (Å²) in [6.45, 7) is 0.815. The Hall–Kier alpha value is 1.84. The van der Waals surface area contributed by atoms with Crippen LogP contribution in [0.3, 0.4) is 0 Å². The predicted octanol–water partition coefficient (Wildman–Crippen LogP) is -8.25. The molecule has 0 aliphatic heterocycles. The van der Waals surface area contributed by atoms with Crippen LogP contribution in [0.5, 0.6) is 0 Å². The predicted molar refractivity (Wildman–Crippen MR) is 31.4 cm³/mol. The van der Waals surface area contributed by atoms with Crippen molar-refractivity contribution in [1.29, 1.82) is 0 Å². The van der Waals surface area contributed by atoms with Crippen LogP contribution >= 0.6 is 0 Å². The molecule has 0 aromatic carbocycles. The summed E-state index contributed by atoms with van der Waals surface area (Å²) in [4.78, 5) is 0. The minimum atomic E-state index is -0.221. The minimum Gasteiger partial charge on any atom is -0.853 e. The van der Waals surface area contributed by atoms with Gasteiger partial charge in [0.2, 0.25) is 0 Å². The van der Waals surface area contributed by atoms with Gasteiger partial charge in [-0.3, -0.25) is 0 Å². The van der Waals surface area contributed by atoms with E-state index in [1.54, 1.807) is 0 Å².